The minimum atomic E-state index is 0.227. The third-order valence-corrected chi connectivity index (χ3v) is 3.83. The molecule has 0 aliphatic rings. The first-order valence-electron chi connectivity index (χ1n) is 7.74. The maximum absolute atomic E-state index is 5.50. The van der Waals surface area contributed by atoms with Crippen molar-refractivity contribution in [1.82, 2.24) is 5.32 Å². The highest BCUT2D eigenvalue weighted by molar-refractivity contribution is 7.80. The number of para-hydroxylation sites is 1. The first kappa shape index (κ1) is 16.5. The Labute approximate surface area is 139 Å². The van der Waals surface area contributed by atoms with Crippen LogP contribution in [0.25, 0.3) is 0 Å². The number of hydrogen-bond acceptors (Lipinski definition) is 1. The molecule has 0 unspecified atom stereocenters. The number of thiocarbonyl (C=S) groups is 1. The molecular weight excluding hydrogens is 288 g/mol. The molecule has 116 valence electrons. The Bertz CT molecular complexity index is 608. The maximum Gasteiger partial charge on any atom is 0.171 e. The molecule has 2 rings (SSSR count). The van der Waals surface area contributed by atoms with Crippen LogP contribution in [0.5, 0.6) is 0 Å². The Kier molecular flexibility index (Phi) is 5.96. The summed E-state index contributed by atoms with van der Waals surface area (Å²) in [5, 5.41) is 7.43. The van der Waals surface area contributed by atoms with Crippen molar-refractivity contribution < 1.29 is 0 Å². The van der Waals surface area contributed by atoms with Crippen LogP contribution in [-0.2, 0) is 0 Å². The lowest BCUT2D eigenvalue weighted by Gasteiger charge is -2.23. The van der Waals surface area contributed by atoms with Gasteiger partial charge in [0.05, 0.1) is 6.04 Å². The van der Waals surface area contributed by atoms with E-state index in [9.17, 15) is 0 Å². The van der Waals surface area contributed by atoms with Crippen LogP contribution in [-0.4, -0.2) is 5.11 Å². The fourth-order valence-corrected chi connectivity index (χ4v) is 2.72. The van der Waals surface area contributed by atoms with Crippen LogP contribution in [0.15, 0.2) is 54.6 Å². The Morgan fingerprint density at radius 3 is 2.27 bits per heavy atom. The van der Waals surface area contributed by atoms with E-state index in [1.807, 2.05) is 24.3 Å². The number of rotatable bonds is 5. The van der Waals surface area contributed by atoms with Gasteiger partial charge >= 0.3 is 0 Å². The van der Waals surface area contributed by atoms with E-state index in [0.717, 1.165) is 12.1 Å². The van der Waals surface area contributed by atoms with Crippen LogP contribution in [0, 0.1) is 12.8 Å². The summed E-state index contributed by atoms with van der Waals surface area (Å²) in [5.41, 5.74) is 3.51. The number of benzene rings is 2. The molecule has 0 spiro atoms. The van der Waals surface area contributed by atoms with Crippen molar-refractivity contribution in [3.05, 3.63) is 65.7 Å². The van der Waals surface area contributed by atoms with Gasteiger partial charge in [-0.25, -0.2) is 0 Å². The lowest BCUT2D eigenvalue weighted by atomic mass is 9.97. The maximum atomic E-state index is 5.50. The van der Waals surface area contributed by atoms with E-state index < -0.39 is 0 Å². The van der Waals surface area contributed by atoms with Crippen molar-refractivity contribution in [3.8, 4) is 0 Å². The van der Waals surface area contributed by atoms with Crippen molar-refractivity contribution in [2.75, 3.05) is 5.32 Å². The van der Waals surface area contributed by atoms with Crippen molar-refractivity contribution in [2.45, 2.75) is 33.2 Å². The van der Waals surface area contributed by atoms with E-state index in [1.54, 1.807) is 0 Å². The molecule has 0 aliphatic heterocycles. The third-order valence-electron chi connectivity index (χ3n) is 3.61. The molecule has 2 nitrogen and oxygen atoms in total. The zero-order chi connectivity index (χ0) is 15.9. The largest absolute Gasteiger partial charge is 0.356 e. The number of nitrogens with one attached hydrogen (secondary N) is 2. The van der Waals surface area contributed by atoms with Gasteiger partial charge in [0.1, 0.15) is 0 Å². The van der Waals surface area contributed by atoms with Crippen LogP contribution in [0.1, 0.15) is 37.4 Å². The van der Waals surface area contributed by atoms with E-state index in [-0.39, 0.29) is 6.04 Å². The molecule has 0 amide bonds. The quantitative estimate of drug-likeness (QED) is 0.754. The second-order valence-corrected chi connectivity index (χ2v) is 6.41. The van der Waals surface area contributed by atoms with Gasteiger partial charge in [-0.3, -0.25) is 0 Å². The molecule has 3 heteroatoms. The molecule has 0 aromatic heterocycles. The number of anilines is 1. The Morgan fingerprint density at radius 2 is 1.64 bits per heavy atom. The smallest absolute Gasteiger partial charge is 0.171 e. The van der Waals surface area contributed by atoms with Crippen molar-refractivity contribution >= 4 is 23.0 Å². The molecule has 2 aromatic carbocycles. The molecule has 0 fully saturated rings. The van der Waals surface area contributed by atoms with Crippen LogP contribution in [0.4, 0.5) is 5.69 Å². The highest BCUT2D eigenvalue weighted by Gasteiger charge is 2.14. The lowest BCUT2D eigenvalue weighted by Crippen LogP contribution is -2.33. The van der Waals surface area contributed by atoms with Gasteiger partial charge in [0.25, 0.3) is 0 Å². The average Bonchev–Trinajstić information content (AvgIpc) is 2.49. The summed E-state index contributed by atoms with van der Waals surface area (Å²) < 4.78 is 0. The van der Waals surface area contributed by atoms with E-state index in [4.69, 9.17) is 12.2 Å². The third kappa shape index (κ3) is 4.85. The van der Waals surface area contributed by atoms with E-state index >= 15 is 0 Å². The summed E-state index contributed by atoms with van der Waals surface area (Å²) >= 11 is 5.50. The Hall–Kier alpha value is -1.87. The van der Waals surface area contributed by atoms with Gasteiger partial charge in [-0.05, 0) is 48.7 Å². The van der Waals surface area contributed by atoms with Crippen LogP contribution < -0.4 is 10.6 Å². The summed E-state index contributed by atoms with van der Waals surface area (Å²) in [6, 6.07) is 18.9. The van der Waals surface area contributed by atoms with E-state index in [1.165, 1.54) is 11.1 Å². The van der Waals surface area contributed by atoms with Gasteiger partial charge in [0, 0.05) is 5.69 Å². The molecule has 22 heavy (non-hydrogen) atoms. The normalized spacial score (nSPS) is 12.0. The summed E-state index contributed by atoms with van der Waals surface area (Å²) in [5.74, 6) is 0.596. The second kappa shape index (κ2) is 7.95. The van der Waals surface area contributed by atoms with Gasteiger partial charge in [-0.1, -0.05) is 62.4 Å². The topological polar surface area (TPSA) is 24.1 Å². The first-order valence-corrected chi connectivity index (χ1v) is 8.15. The summed E-state index contributed by atoms with van der Waals surface area (Å²) in [6.07, 6.45) is 1.04. The molecular formula is C19H24N2S. The van der Waals surface area contributed by atoms with E-state index in [2.05, 4.69) is 61.7 Å². The number of aryl methyl sites for hydroxylation is 1. The van der Waals surface area contributed by atoms with E-state index in [0.29, 0.717) is 11.0 Å². The van der Waals surface area contributed by atoms with Gasteiger partial charge in [-0.2, -0.15) is 0 Å². The zero-order valence-electron chi connectivity index (χ0n) is 13.5. The molecule has 2 aromatic rings. The fourth-order valence-electron chi connectivity index (χ4n) is 2.46. The Balaban J connectivity index is 2.07. The van der Waals surface area contributed by atoms with Crippen molar-refractivity contribution in [2.24, 2.45) is 5.92 Å². The SMILES string of the molecule is Cc1ccccc1NC(=S)N[C@H](CC(C)C)c1ccccc1. The molecule has 0 heterocycles. The molecule has 1 atom stereocenters. The number of hydrogen-bond donors (Lipinski definition) is 2. The average molecular weight is 312 g/mol. The molecule has 2 N–H and O–H groups in total. The second-order valence-electron chi connectivity index (χ2n) is 6.01. The summed E-state index contributed by atoms with van der Waals surface area (Å²) in [6.45, 7) is 6.54. The zero-order valence-corrected chi connectivity index (χ0v) is 14.3. The predicted octanol–water partition coefficient (Wildman–Crippen LogP) is 5.07. The monoisotopic (exact) mass is 312 g/mol. The van der Waals surface area contributed by atoms with Crippen LogP contribution in [0.3, 0.4) is 0 Å². The highest BCUT2D eigenvalue weighted by Crippen LogP contribution is 2.21. The Morgan fingerprint density at radius 1 is 1.00 bits per heavy atom. The van der Waals surface area contributed by atoms with Crippen molar-refractivity contribution in [1.29, 1.82) is 0 Å². The predicted molar refractivity (Wildman–Crippen MR) is 99.2 cm³/mol. The van der Waals surface area contributed by atoms with Gasteiger partial charge in [-0.15, -0.1) is 0 Å². The van der Waals surface area contributed by atoms with Gasteiger partial charge in [0.2, 0.25) is 0 Å². The first-order chi connectivity index (χ1) is 10.6. The van der Waals surface area contributed by atoms with Crippen LogP contribution in [0.2, 0.25) is 0 Å². The molecule has 0 aliphatic carbocycles. The fraction of sp³-hybridized carbons (Fsp3) is 0.316. The minimum absolute atomic E-state index is 0.227. The molecule has 0 saturated heterocycles. The molecule has 0 radical (unpaired) electrons. The lowest BCUT2D eigenvalue weighted by molar-refractivity contribution is 0.481. The summed E-state index contributed by atoms with van der Waals surface area (Å²) in [7, 11) is 0. The highest BCUT2D eigenvalue weighted by atomic mass is 32.1. The standard InChI is InChI=1S/C19H24N2S/c1-14(2)13-18(16-10-5-4-6-11-16)21-19(22)20-17-12-8-7-9-15(17)3/h4-12,14,18H,13H2,1-3H3,(H2,20,21,22)/t18-/m1/s1. The van der Waals surface area contributed by atoms with Gasteiger partial charge in [0.15, 0.2) is 5.11 Å². The van der Waals surface area contributed by atoms with Gasteiger partial charge < -0.3 is 10.6 Å². The van der Waals surface area contributed by atoms with Crippen LogP contribution >= 0.6 is 12.2 Å². The molecule has 0 saturated carbocycles. The van der Waals surface area contributed by atoms with Crippen molar-refractivity contribution in [3.63, 3.8) is 0 Å². The minimum Gasteiger partial charge on any atom is -0.356 e. The molecule has 0 bridgehead atoms. The summed E-state index contributed by atoms with van der Waals surface area (Å²) in [4.78, 5) is 0.